The number of nitrogens with zero attached hydrogens (tertiary/aromatic N) is 2. The summed E-state index contributed by atoms with van der Waals surface area (Å²) >= 11 is 0. The van der Waals surface area contributed by atoms with E-state index in [9.17, 15) is 9.59 Å². The van der Waals surface area contributed by atoms with Crippen molar-refractivity contribution in [1.82, 2.24) is 14.5 Å². The van der Waals surface area contributed by atoms with Gasteiger partial charge in [0.05, 0.1) is 11.9 Å². The number of fused-ring (bicyclic) bond motifs is 1. The van der Waals surface area contributed by atoms with Gasteiger partial charge in [-0.15, -0.1) is 0 Å². The predicted molar refractivity (Wildman–Crippen MR) is 107 cm³/mol. The topological polar surface area (TPSA) is 89.0 Å². The standard InChI is InChI=1S/C21H18N4O3/c1-13-6-8-16(21(27)25(13)2)20(26)24-14-7-9-19(23-12-14)28-18-5-3-4-17-15(18)10-11-22-17/h3-12,22H,1-2H3,(H,24,26). The maximum Gasteiger partial charge on any atom is 0.263 e. The van der Waals surface area contributed by atoms with Gasteiger partial charge in [-0.2, -0.15) is 0 Å². The lowest BCUT2D eigenvalue weighted by atomic mass is 10.2. The van der Waals surface area contributed by atoms with Crippen molar-refractivity contribution in [3.8, 4) is 11.6 Å². The lowest BCUT2D eigenvalue weighted by molar-refractivity contribution is 0.102. The Labute approximate surface area is 160 Å². The first-order chi connectivity index (χ1) is 13.5. The molecule has 2 N–H and O–H groups in total. The van der Waals surface area contributed by atoms with Gasteiger partial charge in [-0.05, 0) is 43.3 Å². The molecule has 0 aliphatic heterocycles. The van der Waals surface area contributed by atoms with E-state index in [1.807, 2.05) is 30.5 Å². The average molecular weight is 374 g/mol. The summed E-state index contributed by atoms with van der Waals surface area (Å²) in [5.74, 6) is 0.609. The molecule has 0 spiro atoms. The van der Waals surface area contributed by atoms with Gasteiger partial charge in [-0.25, -0.2) is 4.98 Å². The number of nitrogens with one attached hydrogen (secondary N) is 2. The van der Waals surface area contributed by atoms with Crippen molar-refractivity contribution in [3.05, 3.63) is 82.5 Å². The molecular weight excluding hydrogens is 356 g/mol. The lowest BCUT2D eigenvalue weighted by Gasteiger charge is -2.09. The number of benzene rings is 1. The Bertz CT molecular complexity index is 1220. The second-order valence-electron chi connectivity index (χ2n) is 6.39. The maximum atomic E-state index is 12.4. The molecule has 0 aliphatic carbocycles. The molecule has 4 aromatic rings. The molecule has 7 nitrogen and oxygen atoms in total. The Morgan fingerprint density at radius 1 is 1.14 bits per heavy atom. The highest BCUT2D eigenvalue weighted by Crippen LogP contribution is 2.28. The third kappa shape index (κ3) is 3.25. The second kappa shape index (κ2) is 7.03. The first-order valence-electron chi connectivity index (χ1n) is 8.71. The van der Waals surface area contributed by atoms with Crippen LogP contribution in [-0.4, -0.2) is 20.4 Å². The minimum absolute atomic E-state index is 0.0764. The number of H-pyrrole nitrogens is 1. The smallest absolute Gasteiger partial charge is 0.263 e. The number of carbonyl (C=O) groups is 1. The number of aryl methyl sites for hydroxylation is 1. The van der Waals surface area contributed by atoms with Crippen LogP contribution in [0, 0.1) is 6.92 Å². The number of anilines is 1. The largest absolute Gasteiger partial charge is 0.438 e. The van der Waals surface area contributed by atoms with Crippen molar-refractivity contribution < 1.29 is 9.53 Å². The van der Waals surface area contributed by atoms with Crippen molar-refractivity contribution >= 4 is 22.5 Å². The van der Waals surface area contributed by atoms with Crippen LogP contribution >= 0.6 is 0 Å². The summed E-state index contributed by atoms with van der Waals surface area (Å²) < 4.78 is 7.28. The zero-order valence-electron chi connectivity index (χ0n) is 15.4. The molecule has 0 saturated carbocycles. The Kier molecular flexibility index (Phi) is 4.41. The van der Waals surface area contributed by atoms with E-state index < -0.39 is 5.91 Å². The third-order valence-corrected chi connectivity index (χ3v) is 4.56. The zero-order chi connectivity index (χ0) is 19.7. The molecule has 140 valence electrons. The highest BCUT2D eigenvalue weighted by molar-refractivity contribution is 6.03. The van der Waals surface area contributed by atoms with E-state index >= 15 is 0 Å². The van der Waals surface area contributed by atoms with E-state index in [0.29, 0.717) is 17.3 Å². The van der Waals surface area contributed by atoms with Gasteiger partial charge in [0.25, 0.3) is 11.5 Å². The minimum Gasteiger partial charge on any atom is -0.438 e. The van der Waals surface area contributed by atoms with E-state index in [1.165, 1.54) is 16.8 Å². The lowest BCUT2D eigenvalue weighted by Crippen LogP contribution is -2.28. The molecule has 3 heterocycles. The van der Waals surface area contributed by atoms with Crippen LogP contribution in [0.3, 0.4) is 0 Å². The molecule has 1 aromatic carbocycles. The van der Waals surface area contributed by atoms with Crippen LogP contribution in [0.15, 0.2) is 65.7 Å². The van der Waals surface area contributed by atoms with Crippen LogP contribution in [0.4, 0.5) is 5.69 Å². The summed E-state index contributed by atoms with van der Waals surface area (Å²) in [6, 6.07) is 14.2. The first kappa shape index (κ1) is 17.5. The summed E-state index contributed by atoms with van der Waals surface area (Å²) in [5.41, 5.74) is 1.96. The number of aromatic nitrogens is 3. The van der Waals surface area contributed by atoms with Crippen molar-refractivity contribution in [2.45, 2.75) is 6.92 Å². The van der Waals surface area contributed by atoms with Crippen LogP contribution in [0.5, 0.6) is 11.6 Å². The Balaban J connectivity index is 1.51. The van der Waals surface area contributed by atoms with E-state index in [-0.39, 0.29) is 11.1 Å². The van der Waals surface area contributed by atoms with Crippen molar-refractivity contribution in [3.63, 3.8) is 0 Å². The van der Waals surface area contributed by atoms with Crippen LogP contribution in [0.25, 0.3) is 10.9 Å². The molecule has 4 rings (SSSR count). The number of aromatic amines is 1. The molecule has 28 heavy (non-hydrogen) atoms. The molecule has 0 unspecified atom stereocenters. The van der Waals surface area contributed by atoms with Gasteiger partial charge in [0, 0.05) is 35.9 Å². The third-order valence-electron chi connectivity index (χ3n) is 4.56. The van der Waals surface area contributed by atoms with Crippen molar-refractivity contribution in [1.29, 1.82) is 0 Å². The number of rotatable bonds is 4. The molecule has 0 aliphatic rings. The van der Waals surface area contributed by atoms with Crippen LogP contribution in [-0.2, 0) is 7.05 Å². The monoisotopic (exact) mass is 374 g/mol. The molecule has 7 heteroatoms. The Morgan fingerprint density at radius 2 is 2.00 bits per heavy atom. The van der Waals surface area contributed by atoms with E-state index in [0.717, 1.165) is 16.6 Å². The number of ether oxygens (including phenoxy) is 1. The second-order valence-corrected chi connectivity index (χ2v) is 6.39. The van der Waals surface area contributed by atoms with Gasteiger partial charge >= 0.3 is 0 Å². The van der Waals surface area contributed by atoms with Gasteiger partial charge in [0.1, 0.15) is 11.3 Å². The predicted octanol–water partition coefficient (Wildman–Crippen LogP) is 3.61. The molecule has 0 radical (unpaired) electrons. The maximum absolute atomic E-state index is 12.4. The molecule has 0 atom stereocenters. The average Bonchev–Trinajstić information content (AvgIpc) is 3.17. The Hall–Kier alpha value is -3.87. The number of hydrogen-bond acceptors (Lipinski definition) is 4. The van der Waals surface area contributed by atoms with Crippen molar-refractivity contribution in [2.75, 3.05) is 5.32 Å². The van der Waals surface area contributed by atoms with Gasteiger partial charge in [0.2, 0.25) is 5.88 Å². The van der Waals surface area contributed by atoms with Crippen LogP contribution in [0.2, 0.25) is 0 Å². The highest BCUT2D eigenvalue weighted by atomic mass is 16.5. The number of amides is 1. The van der Waals surface area contributed by atoms with E-state index in [2.05, 4.69) is 15.3 Å². The minimum atomic E-state index is -0.479. The van der Waals surface area contributed by atoms with Gasteiger partial charge in [-0.1, -0.05) is 6.07 Å². The molecule has 3 aromatic heterocycles. The van der Waals surface area contributed by atoms with Crippen LogP contribution < -0.4 is 15.6 Å². The van der Waals surface area contributed by atoms with Crippen molar-refractivity contribution in [2.24, 2.45) is 7.05 Å². The van der Waals surface area contributed by atoms with E-state index in [1.54, 1.807) is 32.2 Å². The highest BCUT2D eigenvalue weighted by Gasteiger charge is 2.13. The quantitative estimate of drug-likeness (QED) is 0.571. The first-order valence-corrected chi connectivity index (χ1v) is 8.71. The number of carbonyl (C=O) groups excluding carboxylic acids is 1. The normalized spacial score (nSPS) is 10.8. The fraction of sp³-hybridized carbons (Fsp3) is 0.0952. The molecule has 0 fully saturated rings. The molecular formula is C21H18N4O3. The molecule has 0 saturated heterocycles. The summed E-state index contributed by atoms with van der Waals surface area (Å²) in [5, 5.41) is 3.64. The van der Waals surface area contributed by atoms with E-state index in [4.69, 9.17) is 4.74 Å². The summed E-state index contributed by atoms with van der Waals surface area (Å²) in [6.07, 6.45) is 3.34. The van der Waals surface area contributed by atoms with Gasteiger partial charge in [-0.3, -0.25) is 9.59 Å². The Morgan fingerprint density at radius 3 is 2.79 bits per heavy atom. The SMILES string of the molecule is Cc1ccc(C(=O)Nc2ccc(Oc3cccc4[nH]ccc34)nc2)c(=O)n1C. The van der Waals surface area contributed by atoms with Gasteiger partial charge in [0.15, 0.2) is 0 Å². The number of pyridine rings is 2. The summed E-state index contributed by atoms with van der Waals surface area (Å²) in [7, 11) is 1.63. The summed E-state index contributed by atoms with van der Waals surface area (Å²) in [4.78, 5) is 32.0. The zero-order valence-corrected chi connectivity index (χ0v) is 15.4. The number of hydrogen-bond donors (Lipinski definition) is 2. The fourth-order valence-corrected chi connectivity index (χ4v) is 2.87. The fourth-order valence-electron chi connectivity index (χ4n) is 2.87. The summed E-state index contributed by atoms with van der Waals surface area (Å²) in [6.45, 7) is 1.81. The van der Waals surface area contributed by atoms with Gasteiger partial charge < -0.3 is 19.6 Å². The molecule has 0 bridgehead atoms. The molecule has 1 amide bonds. The van der Waals surface area contributed by atoms with Crippen LogP contribution in [0.1, 0.15) is 16.1 Å².